The highest BCUT2D eigenvalue weighted by Gasteiger charge is 2.37. The summed E-state index contributed by atoms with van der Waals surface area (Å²) in [5, 5.41) is 4.68. The zero-order valence-electron chi connectivity index (χ0n) is 27.7. The van der Waals surface area contributed by atoms with Gasteiger partial charge in [-0.2, -0.15) is 0 Å². The molecule has 1 aromatic heterocycles. The van der Waals surface area contributed by atoms with Gasteiger partial charge in [-0.15, -0.1) is 24.5 Å². The van der Waals surface area contributed by atoms with Crippen molar-refractivity contribution in [2.75, 3.05) is 24.5 Å². The second kappa shape index (κ2) is 15.2. The summed E-state index contributed by atoms with van der Waals surface area (Å²) in [4.78, 5) is 16.2. The summed E-state index contributed by atoms with van der Waals surface area (Å²) in [7, 11) is -2.31. The Kier molecular flexibility index (Phi) is 11.3. The third-order valence-corrected chi connectivity index (χ3v) is 11.2. The molecule has 2 heterocycles. The smallest absolute Gasteiger partial charge is 0.493 e. The maximum Gasteiger partial charge on any atom is 0.573 e. The first-order chi connectivity index (χ1) is 23.2. The highest BCUT2D eigenvalue weighted by atomic mass is 32.2. The lowest BCUT2D eigenvalue weighted by molar-refractivity contribution is -0.274. The molecule has 49 heavy (non-hydrogen) atoms. The normalized spacial score (nSPS) is 15.4. The first kappa shape index (κ1) is 36.2. The Morgan fingerprint density at radius 1 is 1.06 bits per heavy atom. The number of ether oxygens (including phenoxy) is 2. The number of alkyl halides is 3. The standard InChI is InChI=1S/C36H40F3N3O5S2/c1-24(2)22-41(4)23-26-12-13-30-31(14-15-46-33(30)19-26)40-34(43)21-32(27-9-6-5-7-10-27)42(49(44,45)35-11-8-16-48-35)28-17-25(3)18-29(20-28)47-36(37,38)39/h5-13,16-20,24,31-32H,14-15,21-23H2,1-4H3,(H,40,43). The van der Waals surface area contributed by atoms with E-state index in [0.29, 0.717) is 35.8 Å². The Hall–Kier alpha value is -4.07. The maximum atomic E-state index is 14.3. The molecule has 0 bridgehead atoms. The molecule has 1 N–H and O–H groups in total. The van der Waals surface area contributed by atoms with Crippen molar-refractivity contribution in [1.29, 1.82) is 0 Å². The second-order valence-corrected chi connectivity index (χ2v) is 15.6. The summed E-state index contributed by atoms with van der Waals surface area (Å²) in [6.45, 7) is 7.95. The minimum Gasteiger partial charge on any atom is -0.493 e. The molecule has 3 aromatic carbocycles. The van der Waals surface area contributed by atoms with Crippen LogP contribution < -0.4 is 19.1 Å². The van der Waals surface area contributed by atoms with Crippen LogP contribution >= 0.6 is 11.3 Å². The van der Waals surface area contributed by atoms with Crippen molar-refractivity contribution in [3.63, 3.8) is 0 Å². The fraction of sp³-hybridized carbons (Fsp3) is 0.361. The van der Waals surface area contributed by atoms with Crippen LogP contribution in [0.5, 0.6) is 11.5 Å². The van der Waals surface area contributed by atoms with E-state index in [1.807, 2.05) is 18.2 Å². The van der Waals surface area contributed by atoms with Crippen molar-refractivity contribution in [2.24, 2.45) is 5.92 Å². The molecule has 13 heteroatoms. The van der Waals surface area contributed by atoms with Crippen LogP contribution in [0.3, 0.4) is 0 Å². The van der Waals surface area contributed by atoms with Gasteiger partial charge in [0.2, 0.25) is 5.91 Å². The van der Waals surface area contributed by atoms with Crippen molar-refractivity contribution < 1.29 is 35.9 Å². The molecule has 1 aliphatic rings. The van der Waals surface area contributed by atoms with Gasteiger partial charge in [0.15, 0.2) is 0 Å². The van der Waals surface area contributed by atoms with Crippen LogP contribution in [-0.2, 0) is 21.4 Å². The molecule has 2 atom stereocenters. The first-order valence-electron chi connectivity index (χ1n) is 15.9. The zero-order valence-corrected chi connectivity index (χ0v) is 29.4. The highest BCUT2D eigenvalue weighted by molar-refractivity contribution is 7.94. The van der Waals surface area contributed by atoms with Gasteiger partial charge in [-0.1, -0.05) is 62.4 Å². The number of carbonyl (C=O) groups is 1. The fourth-order valence-corrected chi connectivity index (χ4v) is 8.86. The molecule has 4 aromatic rings. The Bertz CT molecular complexity index is 1830. The second-order valence-electron chi connectivity index (χ2n) is 12.6. The average molecular weight is 716 g/mol. The Labute approximate surface area is 289 Å². The van der Waals surface area contributed by atoms with E-state index in [0.717, 1.165) is 45.9 Å². The predicted molar refractivity (Wildman–Crippen MR) is 184 cm³/mol. The Morgan fingerprint density at radius 3 is 2.49 bits per heavy atom. The van der Waals surface area contributed by atoms with Crippen LogP contribution in [0.15, 0.2) is 88.5 Å². The van der Waals surface area contributed by atoms with Crippen LogP contribution in [0, 0.1) is 12.8 Å². The van der Waals surface area contributed by atoms with Gasteiger partial charge in [-0.05, 0) is 66.2 Å². The Balaban J connectivity index is 1.49. The van der Waals surface area contributed by atoms with Crippen molar-refractivity contribution in [3.8, 4) is 11.5 Å². The van der Waals surface area contributed by atoms with Crippen molar-refractivity contribution in [2.45, 2.75) is 62.8 Å². The van der Waals surface area contributed by atoms with E-state index in [4.69, 9.17) is 4.74 Å². The molecule has 2 unspecified atom stereocenters. The van der Waals surface area contributed by atoms with Crippen LogP contribution in [0.25, 0.3) is 0 Å². The monoisotopic (exact) mass is 715 g/mol. The predicted octanol–water partition coefficient (Wildman–Crippen LogP) is 8.01. The molecule has 262 valence electrons. The summed E-state index contributed by atoms with van der Waals surface area (Å²) >= 11 is 0.972. The number of nitrogens with zero attached hydrogens (tertiary/aromatic N) is 2. The molecule has 0 saturated heterocycles. The van der Waals surface area contributed by atoms with E-state index < -0.39 is 34.1 Å². The lowest BCUT2D eigenvalue weighted by atomic mass is 9.97. The van der Waals surface area contributed by atoms with Gasteiger partial charge in [0.25, 0.3) is 10.0 Å². The third-order valence-electron chi connectivity index (χ3n) is 7.96. The lowest BCUT2D eigenvalue weighted by Crippen LogP contribution is -2.39. The number of fused-ring (bicyclic) bond motifs is 1. The SMILES string of the molecule is Cc1cc(OC(F)(F)F)cc(N(C(CC(=O)NC2CCOc3cc(CN(C)CC(C)C)ccc32)c2ccccc2)S(=O)(=O)c2cccs2)c1. The van der Waals surface area contributed by atoms with Crippen LogP contribution in [0.2, 0.25) is 0 Å². The summed E-state index contributed by atoms with van der Waals surface area (Å²) in [5.74, 6) is 0.207. The van der Waals surface area contributed by atoms with Crippen LogP contribution in [0.4, 0.5) is 18.9 Å². The highest BCUT2D eigenvalue weighted by Crippen LogP contribution is 2.40. The van der Waals surface area contributed by atoms with Gasteiger partial charge >= 0.3 is 6.36 Å². The number of nitrogens with one attached hydrogen (secondary N) is 1. The number of halogens is 3. The summed E-state index contributed by atoms with van der Waals surface area (Å²) < 4.78 is 79.8. The molecule has 0 radical (unpaired) electrons. The lowest BCUT2D eigenvalue weighted by Gasteiger charge is -2.34. The van der Waals surface area contributed by atoms with Crippen LogP contribution in [-0.4, -0.2) is 45.8 Å². The molecular weight excluding hydrogens is 676 g/mol. The zero-order chi connectivity index (χ0) is 35.3. The van der Waals surface area contributed by atoms with Crippen molar-refractivity contribution in [3.05, 3.63) is 106 Å². The van der Waals surface area contributed by atoms with E-state index in [1.54, 1.807) is 48.7 Å². The van der Waals surface area contributed by atoms with E-state index in [9.17, 15) is 26.4 Å². The maximum absolute atomic E-state index is 14.3. The molecule has 0 spiro atoms. The van der Waals surface area contributed by atoms with E-state index >= 15 is 0 Å². The molecule has 0 fully saturated rings. The number of sulfonamides is 1. The summed E-state index contributed by atoms with van der Waals surface area (Å²) in [5.41, 5.74) is 2.66. The number of aryl methyl sites for hydroxylation is 1. The molecule has 5 rings (SSSR count). The molecule has 0 aliphatic carbocycles. The van der Waals surface area contributed by atoms with E-state index in [-0.39, 0.29) is 22.4 Å². The van der Waals surface area contributed by atoms with Gasteiger partial charge in [-0.25, -0.2) is 8.42 Å². The quantitative estimate of drug-likeness (QED) is 0.151. The van der Waals surface area contributed by atoms with E-state index in [1.165, 1.54) is 18.2 Å². The number of hydrogen-bond acceptors (Lipinski definition) is 7. The van der Waals surface area contributed by atoms with Crippen molar-refractivity contribution >= 4 is 33.0 Å². The van der Waals surface area contributed by atoms with Gasteiger partial charge < -0.3 is 19.7 Å². The third kappa shape index (κ3) is 9.34. The number of rotatable bonds is 13. The summed E-state index contributed by atoms with van der Waals surface area (Å²) in [6.07, 6.45) is -4.80. The number of benzene rings is 3. The van der Waals surface area contributed by atoms with E-state index in [2.05, 4.69) is 35.8 Å². The molecule has 1 amide bonds. The number of hydrogen-bond donors (Lipinski definition) is 1. The number of amides is 1. The largest absolute Gasteiger partial charge is 0.573 e. The van der Waals surface area contributed by atoms with Crippen LogP contribution in [0.1, 0.15) is 61.0 Å². The average Bonchev–Trinajstić information content (AvgIpc) is 3.56. The molecule has 8 nitrogen and oxygen atoms in total. The first-order valence-corrected chi connectivity index (χ1v) is 18.3. The summed E-state index contributed by atoms with van der Waals surface area (Å²) in [6, 6.07) is 19.7. The minimum atomic E-state index is -4.99. The van der Waals surface area contributed by atoms with Gasteiger partial charge in [-0.3, -0.25) is 9.10 Å². The van der Waals surface area contributed by atoms with Gasteiger partial charge in [0.05, 0.1) is 30.8 Å². The minimum absolute atomic E-state index is 0.0261. The Morgan fingerprint density at radius 2 is 1.82 bits per heavy atom. The number of thiophene rings is 1. The number of anilines is 1. The van der Waals surface area contributed by atoms with Crippen molar-refractivity contribution in [1.82, 2.24) is 10.2 Å². The fourth-order valence-electron chi connectivity index (χ4n) is 6.16. The number of carbonyl (C=O) groups excluding carboxylic acids is 1. The van der Waals surface area contributed by atoms with Gasteiger partial charge in [0.1, 0.15) is 15.7 Å². The van der Waals surface area contributed by atoms with Gasteiger partial charge in [0, 0.05) is 31.1 Å². The topological polar surface area (TPSA) is 88.2 Å². The molecular formula is C36H40F3N3O5S2. The molecule has 0 saturated carbocycles. The molecule has 1 aliphatic heterocycles.